The van der Waals surface area contributed by atoms with Gasteiger partial charge in [-0.05, 0) is 40.0 Å². The van der Waals surface area contributed by atoms with E-state index in [0.717, 1.165) is 6.42 Å². The number of rotatable bonds is 10. The Balaban J connectivity index is 0. The first-order chi connectivity index (χ1) is 9.31. The van der Waals surface area contributed by atoms with E-state index in [9.17, 15) is 5.11 Å². The number of hydrogen-bond acceptors (Lipinski definition) is 2. The second-order valence-corrected chi connectivity index (χ2v) is 6.60. The fourth-order valence-electron chi connectivity index (χ4n) is 2.01. The summed E-state index contributed by atoms with van der Waals surface area (Å²) in [6.45, 7) is 14.6. The lowest BCUT2D eigenvalue weighted by Crippen LogP contribution is -2.13. The lowest BCUT2D eigenvalue weighted by atomic mass is 10.0. The van der Waals surface area contributed by atoms with Gasteiger partial charge in [0, 0.05) is 0 Å². The Kier molecular flexibility index (Phi) is 17.0. The highest BCUT2D eigenvalue weighted by molar-refractivity contribution is 4.59. The zero-order valence-corrected chi connectivity index (χ0v) is 15.1. The Hall–Kier alpha value is -0.0800. The van der Waals surface area contributed by atoms with Crippen molar-refractivity contribution >= 4 is 0 Å². The molecule has 0 aromatic carbocycles. The molecular formula is C18H40O2. The summed E-state index contributed by atoms with van der Waals surface area (Å²) in [5, 5.41) is 9.53. The summed E-state index contributed by atoms with van der Waals surface area (Å²) in [7, 11) is 0. The fraction of sp³-hybridized carbons (Fsp3) is 1.00. The molecule has 0 amide bonds. The van der Waals surface area contributed by atoms with Crippen LogP contribution in [-0.4, -0.2) is 23.4 Å². The van der Waals surface area contributed by atoms with Crippen molar-refractivity contribution in [2.45, 2.75) is 112 Å². The van der Waals surface area contributed by atoms with Gasteiger partial charge in [0.25, 0.3) is 0 Å². The van der Waals surface area contributed by atoms with Crippen LogP contribution in [0.5, 0.6) is 0 Å². The van der Waals surface area contributed by atoms with Crippen molar-refractivity contribution in [3.05, 3.63) is 0 Å². The minimum Gasteiger partial charge on any atom is -0.393 e. The lowest BCUT2D eigenvalue weighted by molar-refractivity contribution is 0.0300. The molecular weight excluding hydrogens is 248 g/mol. The Labute approximate surface area is 128 Å². The average molecular weight is 289 g/mol. The highest BCUT2D eigenvalue weighted by Crippen LogP contribution is 2.12. The van der Waals surface area contributed by atoms with E-state index in [1.807, 2.05) is 27.7 Å². The van der Waals surface area contributed by atoms with E-state index in [2.05, 4.69) is 20.8 Å². The van der Waals surface area contributed by atoms with Gasteiger partial charge in [-0.1, -0.05) is 59.3 Å². The van der Waals surface area contributed by atoms with Gasteiger partial charge in [-0.2, -0.15) is 0 Å². The zero-order chi connectivity index (χ0) is 16.0. The van der Waals surface area contributed by atoms with E-state index in [-0.39, 0.29) is 6.10 Å². The first-order valence-corrected chi connectivity index (χ1v) is 8.64. The third-order valence-corrected chi connectivity index (χ3v) is 3.17. The standard InChI is InChI=1S/C12H26O.C6H14O/c1-4-5-6-7-8-9-10-12(13)11(2)3;1-5(2)7-6(3)4/h11-13H,4-10H2,1-3H3;5-6H,1-4H3. The Morgan fingerprint density at radius 2 is 1.20 bits per heavy atom. The van der Waals surface area contributed by atoms with Crippen LogP contribution in [0, 0.1) is 5.92 Å². The maximum absolute atomic E-state index is 9.53. The molecule has 1 N–H and O–H groups in total. The molecule has 0 spiro atoms. The smallest absolute Gasteiger partial charge is 0.0563 e. The molecule has 0 saturated heterocycles. The summed E-state index contributed by atoms with van der Waals surface area (Å²) in [4.78, 5) is 0. The molecule has 0 aliphatic rings. The van der Waals surface area contributed by atoms with Crippen LogP contribution < -0.4 is 0 Å². The van der Waals surface area contributed by atoms with Crippen LogP contribution in [0.25, 0.3) is 0 Å². The van der Waals surface area contributed by atoms with Gasteiger partial charge < -0.3 is 9.84 Å². The van der Waals surface area contributed by atoms with Gasteiger partial charge >= 0.3 is 0 Å². The van der Waals surface area contributed by atoms with Crippen LogP contribution >= 0.6 is 0 Å². The van der Waals surface area contributed by atoms with E-state index in [1.165, 1.54) is 38.5 Å². The molecule has 0 heterocycles. The van der Waals surface area contributed by atoms with Crippen molar-refractivity contribution in [3.63, 3.8) is 0 Å². The highest BCUT2D eigenvalue weighted by atomic mass is 16.5. The highest BCUT2D eigenvalue weighted by Gasteiger charge is 2.07. The number of aliphatic hydroxyl groups is 1. The first-order valence-electron chi connectivity index (χ1n) is 8.64. The van der Waals surface area contributed by atoms with Crippen molar-refractivity contribution in [3.8, 4) is 0 Å². The monoisotopic (exact) mass is 288 g/mol. The number of hydrogen-bond donors (Lipinski definition) is 1. The van der Waals surface area contributed by atoms with Crippen molar-refractivity contribution in [1.82, 2.24) is 0 Å². The summed E-state index contributed by atoms with van der Waals surface area (Å²) in [5.74, 6) is 0.427. The quantitative estimate of drug-likeness (QED) is 0.532. The number of unbranched alkanes of at least 4 members (excludes halogenated alkanes) is 5. The lowest BCUT2D eigenvalue weighted by Gasteiger charge is -2.13. The van der Waals surface area contributed by atoms with Crippen LogP contribution in [0.4, 0.5) is 0 Å². The summed E-state index contributed by atoms with van der Waals surface area (Å²) in [6.07, 6.45) is 9.55. The van der Waals surface area contributed by atoms with Gasteiger partial charge in [-0.3, -0.25) is 0 Å². The Bertz CT molecular complexity index is 170. The second-order valence-electron chi connectivity index (χ2n) is 6.60. The molecule has 0 saturated carbocycles. The van der Waals surface area contributed by atoms with Crippen LogP contribution in [0.15, 0.2) is 0 Å². The van der Waals surface area contributed by atoms with Crippen LogP contribution in [0.2, 0.25) is 0 Å². The molecule has 1 unspecified atom stereocenters. The summed E-state index contributed by atoms with van der Waals surface area (Å²) >= 11 is 0. The summed E-state index contributed by atoms with van der Waals surface area (Å²) < 4.78 is 5.25. The number of ether oxygens (including phenoxy) is 1. The maximum Gasteiger partial charge on any atom is 0.0563 e. The molecule has 1 atom stereocenters. The Morgan fingerprint density at radius 3 is 1.55 bits per heavy atom. The molecule has 20 heavy (non-hydrogen) atoms. The topological polar surface area (TPSA) is 29.5 Å². The van der Waals surface area contributed by atoms with E-state index in [0.29, 0.717) is 18.1 Å². The molecule has 0 aliphatic carbocycles. The van der Waals surface area contributed by atoms with E-state index in [1.54, 1.807) is 0 Å². The van der Waals surface area contributed by atoms with E-state index < -0.39 is 0 Å². The normalized spacial score (nSPS) is 12.8. The molecule has 0 aliphatic heterocycles. The molecule has 0 fully saturated rings. The van der Waals surface area contributed by atoms with E-state index >= 15 is 0 Å². The molecule has 0 aromatic rings. The van der Waals surface area contributed by atoms with Crippen LogP contribution in [0.1, 0.15) is 93.4 Å². The SMILES string of the molecule is CC(C)OC(C)C.CCCCCCCCC(O)C(C)C. The van der Waals surface area contributed by atoms with Crippen molar-refractivity contribution in [2.75, 3.05) is 0 Å². The van der Waals surface area contributed by atoms with Crippen LogP contribution in [-0.2, 0) is 4.74 Å². The predicted molar refractivity (Wildman–Crippen MR) is 90.2 cm³/mol. The molecule has 0 aromatic heterocycles. The molecule has 0 radical (unpaired) electrons. The van der Waals surface area contributed by atoms with Crippen molar-refractivity contribution in [2.24, 2.45) is 5.92 Å². The molecule has 2 nitrogen and oxygen atoms in total. The molecule has 2 heteroatoms. The molecule has 124 valence electrons. The minimum atomic E-state index is -0.0776. The molecule has 0 bridgehead atoms. The first kappa shape index (κ1) is 22.2. The average Bonchev–Trinajstić information content (AvgIpc) is 2.32. The Morgan fingerprint density at radius 1 is 0.750 bits per heavy atom. The van der Waals surface area contributed by atoms with Gasteiger partial charge in [-0.15, -0.1) is 0 Å². The minimum absolute atomic E-state index is 0.0776. The maximum atomic E-state index is 9.53. The van der Waals surface area contributed by atoms with Gasteiger partial charge in [0.1, 0.15) is 0 Å². The predicted octanol–water partition coefficient (Wildman–Crippen LogP) is 5.57. The van der Waals surface area contributed by atoms with Gasteiger partial charge in [-0.25, -0.2) is 0 Å². The third kappa shape index (κ3) is 20.2. The number of aliphatic hydroxyl groups excluding tert-OH is 1. The summed E-state index contributed by atoms with van der Waals surface area (Å²) in [6, 6.07) is 0. The summed E-state index contributed by atoms with van der Waals surface area (Å²) in [5.41, 5.74) is 0. The molecule has 0 rings (SSSR count). The largest absolute Gasteiger partial charge is 0.393 e. The second kappa shape index (κ2) is 15.3. The van der Waals surface area contributed by atoms with Crippen molar-refractivity contribution in [1.29, 1.82) is 0 Å². The third-order valence-electron chi connectivity index (χ3n) is 3.17. The van der Waals surface area contributed by atoms with Gasteiger partial charge in [0.2, 0.25) is 0 Å². The zero-order valence-electron chi connectivity index (χ0n) is 15.1. The van der Waals surface area contributed by atoms with Gasteiger partial charge in [0.05, 0.1) is 18.3 Å². The van der Waals surface area contributed by atoms with E-state index in [4.69, 9.17) is 4.74 Å². The van der Waals surface area contributed by atoms with Gasteiger partial charge in [0.15, 0.2) is 0 Å². The van der Waals surface area contributed by atoms with Crippen molar-refractivity contribution < 1.29 is 9.84 Å². The van der Waals surface area contributed by atoms with Crippen LogP contribution in [0.3, 0.4) is 0 Å². The fourth-order valence-corrected chi connectivity index (χ4v) is 2.01.